The van der Waals surface area contributed by atoms with Gasteiger partial charge in [0.1, 0.15) is 0 Å². The van der Waals surface area contributed by atoms with Crippen LogP contribution in [0.5, 0.6) is 0 Å². The van der Waals surface area contributed by atoms with E-state index in [0.717, 1.165) is 0 Å². The smallest absolute Gasteiger partial charge is 0.241 e. The molecule has 3 N–H and O–H groups in total. The highest BCUT2D eigenvalue weighted by molar-refractivity contribution is 7.89. The number of hydrogen-bond donors (Lipinski definition) is 2. The molecule has 1 aromatic carbocycles. The molecule has 0 saturated heterocycles. The number of nitrogens with two attached hydrogens (primary N) is 1. The molecule has 0 aromatic heterocycles. The Morgan fingerprint density at radius 2 is 2.00 bits per heavy atom. The van der Waals surface area contributed by atoms with Crippen LogP contribution in [0.2, 0.25) is 5.02 Å². The van der Waals surface area contributed by atoms with E-state index in [1.807, 2.05) is 13.8 Å². The van der Waals surface area contributed by atoms with Crippen LogP contribution >= 0.6 is 23.8 Å². The van der Waals surface area contributed by atoms with Gasteiger partial charge >= 0.3 is 0 Å². The second-order valence-electron chi connectivity index (χ2n) is 4.22. The average molecular weight is 321 g/mol. The van der Waals surface area contributed by atoms with Gasteiger partial charge < -0.3 is 5.73 Å². The zero-order valence-electron chi connectivity index (χ0n) is 10.8. The van der Waals surface area contributed by atoms with E-state index < -0.39 is 15.6 Å². The van der Waals surface area contributed by atoms with Gasteiger partial charge in [-0.15, -0.1) is 0 Å². The lowest BCUT2D eigenvalue weighted by atomic mass is 9.94. The Balaban J connectivity index is 3.18. The summed E-state index contributed by atoms with van der Waals surface area (Å²) in [6, 6.07) is 6.06. The predicted molar refractivity (Wildman–Crippen MR) is 81.9 cm³/mol. The molecule has 0 bridgehead atoms. The van der Waals surface area contributed by atoms with Crippen LogP contribution in [0.3, 0.4) is 0 Å². The van der Waals surface area contributed by atoms with Gasteiger partial charge in [-0.1, -0.05) is 43.7 Å². The van der Waals surface area contributed by atoms with E-state index in [-0.39, 0.29) is 9.88 Å². The summed E-state index contributed by atoms with van der Waals surface area (Å²) in [5, 5.41) is 0.358. The van der Waals surface area contributed by atoms with Crippen molar-refractivity contribution in [2.45, 2.75) is 37.1 Å². The lowest BCUT2D eigenvalue weighted by Crippen LogP contribution is -2.55. The van der Waals surface area contributed by atoms with E-state index in [1.54, 1.807) is 12.1 Å². The van der Waals surface area contributed by atoms with Gasteiger partial charge in [0.15, 0.2) is 0 Å². The van der Waals surface area contributed by atoms with Gasteiger partial charge in [-0.2, -0.15) is 4.72 Å². The minimum atomic E-state index is -3.71. The molecule has 0 aliphatic heterocycles. The van der Waals surface area contributed by atoms with E-state index in [2.05, 4.69) is 4.72 Å². The lowest BCUT2D eigenvalue weighted by molar-refractivity contribution is 0.466. The first-order valence-corrected chi connectivity index (χ1v) is 8.14. The Morgan fingerprint density at radius 1 is 1.42 bits per heavy atom. The molecular formula is C12H17ClN2O2S2. The standard InChI is InChI=1S/C12H17ClN2O2S2/c1-3-12(4-2,11(14)18)15-19(16,17)10-7-5-6-9(13)8-10/h5-8,15H,3-4H2,1-2H3,(H2,14,18). The van der Waals surface area contributed by atoms with Crippen LogP contribution in [0.4, 0.5) is 0 Å². The minimum absolute atomic E-state index is 0.0996. The van der Waals surface area contributed by atoms with Crippen LogP contribution in [0.25, 0.3) is 0 Å². The first kappa shape index (κ1) is 16.4. The Labute approximate surface area is 124 Å². The number of thiocarbonyl (C=S) groups is 1. The maximum absolute atomic E-state index is 12.3. The van der Waals surface area contributed by atoms with Gasteiger partial charge in [0.2, 0.25) is 10.0 Å². The molecule has 1 aromatic rings. The van der Waals surface area contributed by atoms with E-state index in [9.17, 15) is 8.42 Å². The van der Waals surface area contributed by atoms with Gasteiger partial charge in [-0.3, -0.25) is 0 Å². The van der Waals surface area contributed by atoms with Crippen LogP contribution in [-0.4, -0.2) is 18.9 Å². The number of rotatable bonds is 6. The summed E-state index contributed by atoms with van der Waals surface area (Å²) in [5.74, 6) is 0. The number of benzene rings is 1. The summed E-state index contributed by atoms with van der Waals surface area (Å²) >= 11 is 10.8. The predicted octanol–water partition coefficient (Wildman–Crippen LogP) is 2.46. The number of hydrogen-bond acceptors (Lipinski definition) is 3. The molecule has 0 aliphatic carbocycles. The molecule has 0 amide bonds. The van der Waals surface area contributed by atoms with Gasteiger partial charge in [0, 0.05) is 5.02 Å². The van der Waals surface area contributed by atoms with Crippen LogP contribution in [0.15, 0.2) is 29.2 Å². The minimum Gasteiger partial charge on any atom is -0.392 e. The first-order chi connectivity index (χ1) is 8.77. The van der Waals surface area contributed by atoms with E-state index in [1.165, 1.54) is 12.1 Å². The van der Waals surface area contributed by atoms with E-state index in [0.29, 0.717) is 17.9 Å². The monoisotopic (exact) mass is 320 g/mol. The van der Waals surface area contributed by atoms with Crippen LogP contribution in [-0.2, 0) is 10.0 Å². The molecule has 4 nitrogen and oxygen atoms in total. The van der Waals surface area contributed by atoms with Crippen molar-refractivity contribution < 1.29 is 8.42 Å². The van der Waals surface area contributed by atoms with Gasteiger partial charge in [-0.05, 0) is 31.0 Å². The maximum atomic E-state index is 12.3. The Hall–Kier alpha value is -0.690. The highest BCUT2D eigenvalue weighted by atomic mass is 35.5. The Bertz CT molecular complexity index is 569. The molecule has 0 aliphatic rings. The van der Waals surface area contributed by atoms with Gasteiger partial charge in [-0.25, -0.2) is 8.42 Å². The molecule has 7 heteroatoms. The highest BCUT2D eigenvalue weighted by Crippen LogP contribution is 2.21. The number of nitrogens with one attached hydrogen (secondary N) is 1. The van der Waals surface area contributed by atoms with Crippen LogP contribution < -0.4 is 10.5 Å². The first-order valence-electron chi connectivity index (χ1n) is 5.87. The second-order valence-corrected chi connectivity index (χ2v) is 6.78. The normalized spacial score (nSPS) is 12.4. The molecule has 106 valence electrons. The summed E-state index contributed by atoms with van der Waals surface area (Å²) in [6.45, 7) is 3.67. The third-order valence-corrected chi connectivity index (χ3v) is 5.27. The van der Waals surface area contributed by atoms with Crippen LogP contribution in [0, 0.1) is 0 Å². The average Bonchev–Trinajstić information content (AvgIpc) is 2.35. The molecule has 0 unspecified atom stereocenters. The quantitative estimate of drug-likeness (QED) is 0.790. The number of halogens is 1. The highest BCUT2D eigenvalue weighted by Gasteiger charge is 2.34. The fourth-order valence-electron chi connectivity index (χ4n) is 1.74. The molecule has 0 saturated carbocycles. The van der Waals surface area contributed by atoms with E-state index in [4.69, 9.17) is 29.6 Å². The van der Waals surface area contributed by atoms with Crippen molar-refractivity contribution in [3.8, 4) is 0 Å². The topological polar surface area (TPSA) is 72.2 Å². The molecule has 0 fully saturated rings. The van der Waals surface area contributed by atoms with Crippen LogP contribution in [0.1, 0.15) is 26.7 Å². The summed E-state index contributed by atoms with van der Waals surface area (Å²) in [6.07, 6.45) is 0.970. The summed E-state index contributed by atoms with van der Waals surface area (Å²) in [5.41, 5.74) is 4.78. The molecule has 0 spiro atoms. The SMILES string of the molecule is CCC(CC)(NS(=O)(=O)c1cccc(Cl)c1)C(N)=S. The van der Waals surface area contributed by atoms with Gasteiger partial charge in [0.25, 0.3) is 0 Å². The molecular weight excluding hydrogens is 304 g/mol. The van der Waals surface area contributed by atoms with E-state index >= 15 is 0 Å². The van der Waals surface area contributed by atoms with Crippen molar-refractivity contribution in [1.82, 2.24) is 4.72 Å². The Morgan fingerprint density at radius 3 is 2.42 bits per heavy atom. The number of sulfonamides is 1. The third kappa shape index (κ3) is 3.66. The van der Waals surface area contributed by atoms with Crippen molar-refractivity contribution in [3.63, 3.8) is 0 Å². The molecule has 1 rings (SSSR count). The largest absolute Gasteiger partial charge is 0.392 e. The lowest BCUT2D eigenvalue weighted by Gasteiger charge is -2.31. The molecule has 0 heterocycles. The third-order valence-electron chi connectivity index (χ3n) is 3.11. The molecule has 0 atom stereocenters. The van der Waals surface area contributed by atoms with Crippen molar-refractivity contribution >= 4 is 38.8 Å². The molecule has 0 radical (unpaired) electrons. The molecule has 19 heavy (non-hydrogen) atoms. The zero-order chi connectivity index (χ0) is 14.7. The van der Waals surface area contributed by atoms with Crippen molar-refractivity contribution in [2.75, 3.05) is 0 Å². The van der Waals surface area contributed by atoms with Crippen molar-refractivity contribution in [1.29, 1.82) is 0 Å². The Kier molecular flexibility index (Phi) is 5.32. The fourth-order valence-corrected chi connectivity index (χ4v) is 3.97. The summed E-state index contributed by atoms with van der Waals surface area (Å²) < 4.78 is 27.3. The van der Waals surface area contributed by atoms with Crippen molar-refractivity contribution in [2.24, 2.45) is 5.73 Å². The maximum Gasteiger partial charge on any atom is 0.241 e. The zero-order valence-corrected chi connectivity index (χ0v) is 13.2. The fraction of sp³-hybridized carbons (Fsp3) is 0.417. The summed E-state index contributed by atoms with van der Waals surface area (Å²) in [7, 11) is -3.71. The summed E-state index contributed by atoms with van der Waals surface area (Å²) in [4.78, 5) is 0.241. The van der Waals surface area contributed by atoms with Gasteiger partial charge in [0.05, 0.1) is 15.4 Å². The second kappa shape index (κ2) is 6.17. The van der Waals surface area contributed by atoms with Crippen molar-refractivity contribution in [3.05, 3.63) is 29.3 Å².